The zero-order valence-electron chi connectivity index (χ0n) is 13.1. The lowest BCUT2D eigenvalue weighted by Crippen LogP contribution is -2.16. The predicted octanol–water partition coefficient (Wildman–Crippen LogP) is 4.01. The Balaban J connectivity index is 2.44. The van der Waals surface area contributed by atoms with Crippen LogP contribution >= 0.6 is 0 Å². The Morgan fingerprint density at radius 3 is 2.40 bits per heavy atom. The molecule has 0 heterocycles. The van der Waals surface area contributed by atoms with Crippen molar-refractivity contribution in [3.05, 3.63) is 35.4 Å². The first-order valence-electron chi connectivity index (χ1n) is 7.36. The van der Waals surface area contributed by atoms with Gasteiger partial charge in [0.2, 0.25) is 5.91 Å². The third-order valence-electron chi connectivity index (χ3n) is 3.19. The molecule has 0 spiro atoms. The summed E-state index contributed by atoms with van der Waals surface area (Å²) in [4.78, 5) is 11.5. The van der Waals surface area contributed by atoms with E-state index in [0.717, 1.165) is 24.8 Å². The van der Waals surface area contributed by atoms with Crippen molar-refractivity contribution in [2.75, 3.05) is 0 Å². The van der Waals surface area contributed by atoms with E-state index >= 15 is 0 Å². The van der Waals surface area contributed by atoms with Crippen molar-refractivity contribution in [3.63, 3.8) is 0 Å². The van der Waals surface area contributed by atoms with Crippen molar-refractivity contribution < 1.29 is 4.79 Å². The van der Waals surface area contributed by atoms with Gasteiger partial charge in [0.1, 0.15) is 0 Å². The first-order valence-corrected chi connectivity index (χ1v) is 7.36. The van der Waals surface area contributed by atoms with Crippen molar-refractivity contribution in [1.82, 2.24) is 5.43 Å². The van der Waals surface area contributed by atoms with Gasteiger partial charge in [-0.2, -0.15) is 5.10 Å². The zero-order valence-corrected chi connectivity index (χ0v) is 13.1. The fourth-order valence-corrected chi connectivity index (χ4v) is 1.84. The Labute approximate surface area is 122 Å². The Morgan fingerprint density at radius 2 is 1.85 bits per heavy atom. The van der Waals surface area contributed by atoms with Gasteiger partial charge in [-0.25, -0.2) is 5.43 Å². The van der Waals surface area contributed by atoms with E-state index in [2.05, 4.69) is 50.4 Å². The average Bonchev–Trinajstić information content (AvgIpc) is 2.38. The maximum Gasteiger partial charge on any atom is 0.240 e. The molecule has 1 aromatic rings. The zero-order chi connectivity index (χ0) is 15.0. The molecule has 0 radical (unpaired) electrons. The van der Waals surface area contributed by atoms with E-state index in [1.165, 1.54) is 5.56 Å². The van der Waals surface area contributed by atoms with Gasteiger partial charge < -0.3 is 0 Å². The molecule has 0 aliphatic heterocycles. The van der Waals surface area contributed by atoms with Crippen molar-refractivity contribution in [2.45, 2.75) is 58.8 Å². The summed E-state index contributed by atoms with van der Waals surface area (Å²) in [6.45, 7) is 8.68. The summed E-state index contributed by atoms with van der Waals surface area (Å²) in [5, 5.41) is 3.99. The fraction of sp³-hybridized carbons (Fsp3) is 0.529. The van der Waals surface area contributed by atoms with Crippen LogP contribution in [0.1, 0.15) is 64.5 Å². The second-order valence-corrected chi connectivity index (χ2v) is 6.12. The molecule has 1 aromatic carbocycles. The molecule has 0 unspecified atom stereocenters. The topological polar surface area (TPSA) is 41.5 Å². The van der Waals surface area contributed by atoms with Gasteiger partial charge in [-0.1, -0.05) is 64.8 Å². The maximum atomic E-state index is 11.5. The van der Waals surface area contributed by atoms with E-state index in [-0.39, 0.29) is 11.3 Å². The van der Waals surface area contributed by atoms with Gasteiger partial charge in [-0.05, 0) is 23.0 Å². The minimum atomic E-state index is -0.0130. The number of nitrogens with one attached hydrogen (secondary N) is 1. The smallest absolute Gasteiger partial charge is 0.240 e. The van der Waals surface area contributed by atoms with E-state index in [9.17, 15) is 4.79 Å². The van der Waals surface area contributed by atoms with E-state index in [0.29, 0.717) is 6.42 Å². The summed E-state index contributed by atoms with van der Waals surface area (Å²) in [5.41, 5.74) is 5.00. The largest absolute Gasteiger partial charge is 0.273 e. The number of amides is 1. The highest BCUT2D eigenvalue weighted by atomic mass is 16.2. The first-order chi connectivity index (χ1) is 9.43. The number of carbonyl (C=O) groups excluding carboxylic acids is 1. The lowest BCUT2D eigenvalue weighted by Gasteiger charge is -2.18. The van der Waals surface area contributed by atoms with Gasteiger partial charge in [0.25, 0.3) is 0 Å². The van der Waals surface area contributed by atoms with Gasteiger partial charge in [-0.3, -0.25) is 4.79 Å². The van der Waals surface area contributed by atoms with Crippen LogP contribution in [-0.2, 0) is 10.2 Å². The molecule has 1 amide bonds. The number of nitrogens with zero attached hydrogens (tertiary/aromatic N) is 1. The molecule has 110 valence electrons. The van der Waals surface area contributed by atoms with Crippen molar-refractivity contribution in [2.24, 2.45) is 5.10 Å². The highest BCUT2D eigenvalue weighted by molar-refractivity contribution is 5.82. The monoisotopic (exact) mass is 274 g/mol. The van der Waals surface area contributed by atoms with E-state index in [1.807, 2.05) is 12.1 Å². The van der Waals surface area contributed by atoms with Crippen LogP contribution < -0.4 is 5.43 Å². The van der Waals surface area contributed by atoms with Crippen molar-refractivity contribution >= 4 is 12.1 Å². The van der Waals surface area contributed by atoms with Crippen LogP contribution in [0.25, 0.3) is 0 Å². The summed E-state index contributed by atoms with van der Waals surface area (Å²) >= 11 is 0. The molecular weight excluding hydrogens is 248 g/mol. The van der Waals surface area contributed by atoms with E-state index < -0.39 is 0 Å². The average molecular weight is 274 g/mol. The quantitative estimate of drug-likeness (QED) is 0.475. The summed E-state index contributed by atoms with van der Waals surface area (Å²) in [7, 11) is 0. The van der Waals surface area contributed by atoms with Gasteiger partial charge in [-0.15, -0.1) is 0 Å². The molecule has 0 saturated heterocycles. The summed E-state index contributed by atoms with van der Waals surface area (Å²) in [5.74, 6) is -0.0130. The van der Waals surface area contributed by atoms with Crippen molar-refractivity contribution in [3.8, 4) is 0 Å². The van der Waals surface area contributed by atoms with E-state index in [4.69, 9.17) is 0 Å². The fourth-order valence-electron chi connectivity index (χ4n) is 1.84. The Hall–Kier alpha value is -1.64. The van der Waals surface area contributed by atoms with Crippen LogP contribution in [0.15, 0.2) is 29.4 Å². The number of benzene rings is 1. The number of hydrogen-bond donors (Lipinski definition) is 1. The summed E-state index contributed by atoms with van der Waals surface area (Å²) in [6.07, 6.45) is 5.37. The number of hydrazone groups is 1. The molecule has 0 bridgehead atoms. The molecule has 20 heavy (non-hydrogen) atoms. The normalized spacial score (nSPS) is 11.8. The number of rotatable bonds is 6. The standard InChI is InChI=1S/C17H26N2O/c1-5-6-7-8-16(20)19-18-13-14-9-11-15(12-10-14)17(2,3)4/h9-13H,5-8H2,1-4H3,(H,19,20). The van der Waals surface area contributed by atoms with Gasteiger partial charge in [0, 0.05) is 6.42 Å². The van der Waals surface area contributed by atoms with Crippen LogP contribution in [0.4, 0.5) is 0 Å². The van der Waals surface area contributed by atoms with Crippen molar-refractivity contribution in [1.29, 1.82) is 0 Å². The van der Waals surface area contributed by atoms with E-state index in [1.54, 1.807) is 6.21 Å². The van der Waals surface area contributed by atoms with Crippen LogP contribution in [-0.4, -0.2) is 12.1 Å². The predicted molar refractivity (Wildman–Crippen MR) is 85.0 cm³/mol. The lowest BCUT2D eigenvalue weighted by atomic mass is 9.87. The Kier molecular flexibility index (Phi) is 6.43. The second-order valence-electron chi connectivity index (χ2n) is 6.12. The molecule has 3 heteroatoms. The molecule has 1 N–H and O–H groups in total. The maximum absolute atomic E-state index is 11.5. The summed E-state index contributed by atoms with van der Waals surface area (Å²) in [6, 6.07) is 8.25. The van der Waals surface area contributed by atoms with Crippen LogP contribution in [0.5, 0.6) is 0 Å². The molecule has 3 nitrogen and oxygen atoms in total. The molecule has 0 saturated carbocycles. The molecular formula is C17H26N2O. The third-order valence-corrected chi connectivity index (χ3v) is 3.19. The van der Waals surface area contributed by atoms with Gasteiger partial charge in [0.15, 0.2) is 0 Å². The second kappa shape index (κ2) is 7.83. The Bertz CT molecular complexity index is 441. The minimum absolute atomic E-state index is 0.0130. The highest BCUT2D eigenvalue weighted by Crippen LogP contribution is 2.21. The molecule has 0 atom stereocenters. The Morgan fingerprint density at radius 1 is 1.20 bits per heavy atom. The third kappa shape index (κ3) is 6.00. The summed E-state index contributed by atoms with van der Waals surface area (Å²) < 4.78 is 0. The van der Waals surface area contributed by atoms with Gasteiger partial charge in [0.05, 0.1) is 6.21 Å². The number of hydrogen-bond acceptors (Lipinski definition) is 2. The number of unbranched alkanes of at least 4 members (excludes halogenated alkanes) is 2. The van der Waals surface area contributed by atoms with Crippen LogP contribution in [0, 0.1) is 0 Å². The number of carbonyl (C=O) groups is 1. The highest BCUT2D eigenvalue weighted by Gasteiger charge is 2.12. The molecule has 0 fully saturated rings. The molecule has 1 rings (SSSR count). The first kappa shape index (κ1) is 16.4. The van der Waals surface area contributed by atoms with Crippen LogP contribution in [0.2, 0.25) is 0 Å². The van der Waals surface area contributed by atoms with Crippen LogP contribution in [0.3, 0.4) is 0 Å². The molecule has 0 aromatic heterocycles. The minimum Gasteiger partial charge on any atom is -0.273 e. The lowest BCUT2D eigenvalue weighted by molar-refractivity contribution is -0.121. The molecule has 0 aliphatic carbocycles. The van der Waals surface area contributed by atoms with Gasteiger partial charge >= 0.3 is 0 Å². The SMILES string of the molecule is CCCCCC(=O)NN=Cc1ccc(C(C)(C)C)cc1. The molecule has 0 aliphatic rings.